The third-order valence-corrected chi connectivity index (χ3v) is 6.72. The van der Waals surface area contributed by atoms with E-state index in [9.17, 15) is 14.4 Å². The van der Waals surface area contributed by atoms with Crippen molar-refractivity contribution < 1.29 is 18.8 Å². The van der Waals surface area contributed by atoms with Crippen molar-refractivity contribution in [2.24, 2.45) is 0 Å². The minimum atomic E-state index is -0.603. The van der Waals surface area contributed by atoms with Gasteiger partial charge in [-0.25, -0.2) is 14.2 Å². The number of benzene rings is 1. The van der Waals surface area contributed by atoms with Gasteiger partial charge in [0.2, 0.25) is 0 Å². The molecule has 196 valence electrons. The number of imide groups is 1. The number of likely N-dealkylation sites (N-methyl/N-ethyl adjacent to an activating group) is 1. The molecule has 2 aromatic heterocycles. The number of halogens is 1. The predicted molar refractivity (Wildman–Crippen MR) is 137 cm³/mol. The van der Waals surface area contributed by atoms with Gasteiger partial charge in [-0.15, -0.1) is 0 Å². The van der Waals surface area contributed by atoms with E-state index >= 15 is 4.39 Å². The van der Waals surface area contributed by atoms with Crippen LogP contribution >= 0.6 is 0 Å². The molecule has 3 aromatic rings. The van der Waals surface area contributed by atoms with Crippen molar-refractivity contribution >= 4 is 46.9 Å². The summed E-state index contributed by atoms with van der Waals surface area (Å²) in [7, 11) is 2.01. The van der Waals surface area contributed by atoms with Crippen LogP contribution in [0.2, 0.25) is 0 Å². The van der Waals surface area contributed by atoms with Crippen LogP contribution in [-0.4, -0.2) is 81.5 Å². The molecule has 13 heteroatoms. The van der Waals surface area contributed by atoms with Crippen molar-refractivity contribution in [1.29, 1.82) is 0 Å². The summed E-state index contributed by atoms with van der Waals surface area (Å²) in [5.41, 5.74) is 1.43. The fourth-order valence-corrected chi connectivity index (χ4v) is 4.40. The van der Waals surface area contributed by atoms with Crippen LogP contribution in [0.1, 0.15) is 28.8 Å². The second-order valence-corrected chi connectivity index (χ2v) is 9.66. The predicted octanol–water partition coefficient (Wildman–Crippen LogP) is 1.75. The molecule has 0 bridgehead atoms. The fraction of sp³-hybridized carbons (Fsp3) is 0.320. The summed E-state index contributed by atoms with van der Waals surface area (Å²) in [6.45, 7) is 2.77. The Morgan fingerprint density at radius 3 is 2.61 bits per heavy atom. The standard InChI is InChI=1S/C25H26FN9O3/c1-33-6-8-34(9-7-33)24(37)14-2-5-18(17(26)10-14)29-20-12-21(28-16-3-4-16)35-22(31-20)15(13-27-35)11-19-23(36)32-25(38)30-19/h2,5,10-13,16,28H,3-4,6-9H2,1H3,(H,29,31)(H2,30,32,36,38)/b19-11-. The van der Waals surface area contributed by atoms with Gasteiger partial charge in [-0.1, -0.05) is 0 Å². The highest BCUT2D eigenvalue weighted by Crippen LogP contribution is 2.29. The van der Waals surface area contributed by atoms with E-state index in [1.807, 2.05) is 7.05 Å². The molecule has 0 unspecified atom stereocenters. The molecule has 4 amide bonds. The van der Waals surface area contributed by atoms with E-state index in [0.29, 0.717) is 47.5 Å². The molecule has 2 saturated heterocycles. The molecule has 0 spiro atoms. The zero-order chi connectivity index (χ0) is 26.4. The van der Waals surface area contributed by atoms with E-state index in [2.05, 4.69) is 36.2 Å². The molecule has 4 heterocycles. The molecule has 3 aliphatic rings. The lowest BCUT2D eigenvalue weighted by atomic mass is 10.1. The summed E-state index contributed by atoms with van der Waals surface area (Å²) in [6, 6.07) is 5.79. The van der Waals surface area contributed by atoms with E-state index < -0.39 is 17.8 Å². The first-order chi connectivity index (χ1) is 18.3. The Balaban J connectivity index is 1.29. The van der Waals surface area contributed by atoms with Gasteiger partial charge in [0, 0.05) is 49.4 Å². The van der Waals surface area contributed by atoms with Crippen molar-refractivity contribution in [2.75, 3.05) is 43.9 Å². The van der Waals surface area contributed by atoms with Crippen LogP contribution in [0.5, 0.6) is 0 Å². The molecule has 0 atom stereocenters. The van der Waals surface area contributed by atoms with Gasteiger partial charge in [-0.2, -0.15) is 9.61 Å². The molecule has 1 saturated carbocycles. The Morgan fingerprint density at radius 1 is 1.13 bits per heavy atom. The average Bonchev–Trinajstić information content (AvgIpc) is 3.53. The number of hydrogen-bond acceptors (Lipinski definition) is 8. The number of aromatic nitrogens is 3. The SMILES string of the molecule is CN1CCN(C(=O)c2ccc(Nc3cc(NC4CC4)n4ncc(/C=C5\NC(=O)NC5=O)c4n3)c(F)c2)CC1. The molecule has 0 radical (unpaired) electrons. The van der Waals surface area contributed by atoms with Crippen molar-refractivity contribution in [2.45, 2.75) is 18.9 Å². The zero-order valence-electron chi connectivity index (χ0n) is 20.6. The van der Waals surface area contributed by atoms with Gasteiger partial charge < -0.3 is 25.8 Å². The van der Waals surface area contributed by atoms with Gasteiger partial charge >= 0.3 is 6.03 Å². The second-order valence-electron chi connectivity index (χ2n) is 9.66. The van der Waals surface area contributed by atoms with Crippen molar-refractivity contribution in [1.82, 2.24) is 35.0 Å². The average molecular weight is 520 g/mol. The monoisotopic (exact) mass is 519 g/mol. The number of piperazine rings is 1. The third kappa shape index (κ3) is 4.75. The van der Waals surface area contributed by atoms with Crippen LogP contribution in [0.3, 0.4) is 0 Å². The zero-order valence-corrected chi connectivity index (χ0v) is 20.6. The number of fused-ring (bicyclic) bond motifs is 1. The van der Waals surface area contributed by atoms with E-state index in [0.717, 1.165) is 25.9 Å². The number of nitrogens with one attached hydrogen (secondary N) is 4. The van der Waals surface area contributed by atoms with Crippen LogP contribution < -0.4 is 21.3 Å². The number of carbonyl (C=O) groups is 3. The fourth-order valence-electron chi connectivity index (χ4n) is 4.40. The molecule has 1 aromatic carbocycles. The number of anilines is 3. The first-order valence-electron chi connectivity index (χ1n) is 12.4. The lowest BCUT2D eigenvalue weighted by Gasteiger charge is -2.32. The Labute approximate surface area is 216 Å². The molecule has 1 aliphatic carbocycles. The Morgan fingerprint density at radius 2 is 1.92 bits per heavy atom. The van der Waals surface area contributed by atoms with Gasteiger partial charge in [-0.05, 0) is 44.2 Å². The smallest absolute Gasteiger partial charge is 0.326 e. The van der Waals surface area contributed by atoms with Gasteiger partial charge in [0.25, 0.3) is 11.8 Å². The topological polar surface area (TPSA) is 136 Å². The van der Waals surface area contributed by atoms with Crippen molar-refractivity contribution in [3.8, 4) is 0 Å². The van der Waals surface area contributed by atoms with Crippen LogP contribution in [0, 0.1) is 5.82 Å². The lowest BCUT2D eigenvalue weighted by molar-refractivity contribution is -0.115. The summed E-state index contributed by atoms with van der Waals surface area (Å²) in [5, 5.41) is 15.4. The van der Waals surface area contributed by atoms with Crippen LogP contribution in [0.4, 0.5) is 26.5 Å². The number of rotatable bonds is 6. The highest BCUT2D eigenvalue weighted by Gasteiger charge is 2.26. The molecular weight excluding hydrogens is 493 g/mol. The number of hydrogen-bond donors (Lipinski definition) is 4. The highest BCUT2D eigenvalue weighted by molar-refractivity contribution is 6.14. The molecule has 3 fully saturated rings. The summed E-state index contributed by atoms with van der Waals surface area (Å²) in [4.78, 5) is 44.8. The van der Waals surface area contributed by atoms with Crippen molar-refractivity contribution in [3.63, 3.8) is 0 Å². The first-order valence-corrected chi connectivity index (χ1v) is 12.4. The maximum Gasteiger partial charge on any atom is 0.326 e. The largest absolute Gasteiger partial charge is 0.367 e. The summed E-state index contributed by atoms with van der Waals surface area (Å²) in [6.07, 6.45) is 5.07. The number of amides is 4. The second kappa shape index (κ2) is 9.41. The van der Waals surface area contributed by atoms with Gasteiger partial charge in [0.05, 0.1) is 11.9 Å². The van der Waals surface area contributed by atoms with Crippen LogP contribution in [0.15, 0.2) is 36.2 Å². The normalized spacial score (nSPS) is 19.1. The third-order valence-electron chi connectivity index (χ3n) is 6.72. The molecule has 6 rings (SSSR count). The van der Waals surface area contributed by atoms with Crippen LogP contribution in [0.25, 0.3) is 11.7 Å². The van der Waals surface area contributed by atoms with E-state index in [4.69, 9.17) is 0 Å². The lowest BCUT2D eigenvalue weighted by Crippen LogP contribution is -2.47. The molecule has 2 aliphatic heterocycles. The van der Waals surface area contributed by atoms with Crippen LogP contribution in [-0.2, 0) is 4.79 Å². The maximum atomic E-state index is 15.1. The maximum absolute atomic E-state index is 15.1. The summed E-state index contributed by atoms with van der Waals surface area (Å²) >= 11 is 0. The minimum Gasteiger partial charge on any atom is -0.367 e. The van der Waals surface area contributed by atoms with Gasteiger partial charge in [0.15, 0.2) is 5.65 Å². The van der Waals surface area contributed by atoms with E-state index in [1.54, 1.807) is 21.5 Å². The molecule has 4 N–H and O–H groups in total. The van der Waals surface area contributed by atoms with E-state index in [-0.39, 0.29) is 17.3 Å². The molecule has 12 nitrogen and oxygen atoms in total. The minimum absolute atomic E-state index is 0.0772. The van der Waals surface area contributed by atoms with Gasteiger partial charge in [0.1, 0.15) is 23.1 Å². The van der Waals surface area contributed by atoms with E-state index in [1.165, 1.54) is 24.4 Å². The number of carbonyl (C=O) groups excluding carboxylic acids is 3. The first kappa shape index (κ1) is 23.9. The molecule has 38 heavy (non-hydrogen) atoms. The summed E-state index contributed by atoms with van der Waals surface area (Å²) in [5.74, 6) is -0.332. The number of urea groups is 1. The van der Waals surface area contributed by atoms with Crippen molar-refractivity contribution in [3.05, 3.63) is 53.1 Å². The Kier molecular flexibility index (Phi) is 5.91. The Bertz CT molecular complexity index is 1490. The number of nitrogens with zero attached hydrogens (tertiary/aromatic N) is 5. The quantitative estimate of drug-likeness (QED) is 0.286. The molecular formula is C25H26FN9O3. The highest BCUT2D eigenvalue weighted by atomic mass is 19.1. The Hall–Kier alpha value is -4.52. The van der Waals surface area contributed by atoms with Gasteiger partial charge in [-0.3, -0.25) is 14.9 Å². The summed E-state index contributed by atoms with van der Waals surface area (Å²) < 4.78 is 16.7.